The highest BCUT2D eigenvalue weighted by molar-refractivity contribution is 7.98. The van der Waals surface area contributed by atoms with Gasteiger partial charge in [-0.25, -0.2) is 4.98 Å². The molecule has 0 saturated heterocycles. The van der Waals surface area contributed by atoms with Gasteiger partial charge in [0.05, 0.1) is 10.2 Å². The minimum atomic E-state index is -0.134. The maximum absolute atomic E-state index is 12.5. The smallest absolute Gasteiger partial charge is 0.257 e. The maximum atomic E-state index is 12.5. The number of hydrogen-bond acceptors (Lipinski definition) is 4. The molecule has 0 spiro atoms. The molecule has 0 aliphatic rings. The normalized spacial score (nSPS) is 10.9. The molecule has 0 unspecified atom stereocenters. The zero-order valence-corrected chi connectivity index (χ0v) is 16.4. The van der Waals surface area contributed by atoms with Crippen LogP contribution in [0.5, 0.6) is 0 Å². The van der Waals surface area contributed by atoms with Gasteiger partial charge in [-0.05, 0) is 54.1 Å². The maximum Gasteiger partial charge on any atom is 0.257 e. The second kappa shape index (κ2) is 7.94. The van der Waals surface area contributed by atoms with Crippen molar-refractivity contribution in [3.63, 3.8) is 0 Å². The van der Waals surface area contributed by atoms with E-state index in [1.165, 1.54) is 27.4 Å². The molecule has 1 aromatic heterocycles. The quantitative estimate of drug-likeness (QED) is 0.434. The van der Waals surface area contributed by atoms with Crippen molar-refractivity contribution in [2.75, 3.05) is 11.6 Å². The fourth-order valence-corrected chi connectivity index (χ4v) is 4.27. The van der Waals surface area contributed by atoms with Crippen molar-refractivity contribution in [2.45, 2.75) is 11.3 Å². The van der Waals surface area contributed by atoms with Gasteiger partial charge in [0.2, 0.25) is 0 Å². The van der Waals surface area contributed by atoms with Crippen molar-refractivity contribution >= 4 is 44.4 Å². The number of nitrogens with one attached hydrogen (secondary N) is 1. The molecule has 0 fully saturated rings. The lowest BCUT2D eigenvalue weighted by molar-refractivity contribution is 0.102. The molecule has 0 radical (unpaired) electrons. The van der Waals surface area contributed by atoms with E-state index in [9.17, 15) is 4.79 Å². The number of nitrogens with zero attached hydrogens (tertiary/aromatic N) is 1. The van der Waals surface area contributed by atoms with Crippen molar-refractivity contribution in [2.24, 2.45) is 0 Å². The van der Waals surface area contributed by atoms with Crippen LogP contribution in [0.3, 0.4) is 0 Å². The average Bonchev–Trinajstić information content (AvgIpc) is 3.10. The van der Waals surface area contributed by atoms with Crippen LogP contribution in [0.1, 0.15) is 21.5 Å². The summed E-state index contributed by atoms with van der Waals surface area (Å²) < 4.78 is 1.08. The third-order valence-electron chi connectivity index (χ3n) is 4.28. The molecule has 0 atom stereocenters. The monoisotopic (exact) mass is 390 g/mol. The highest BCUT2D eigenvalue weighted by Crippen LogP contribution is 2.29. The number of fused-ring (bicyclic) bond motifs is 1. The number of amides is 1. The molecule has 3 nitrogen and oxygen atoms in total. The lowest BCUT2D eigenvalue weighted by atomic mass is 10.0. The van der Waals surface area contributed by atoms with E-state index in [2.05, 4.69) is 28.5 Å². The number of aromatic nitrogens is 1. The van der Waals surface area contributed by atoms with Crippen LogP contribution >= 0.6 is 23.1 Å². The van der Waals surface area contributed by atoms with Gasteiger partial charge in [0, 0.05) is 10.5 Å². The highest BCUT2D eigenvalue weighted by atomic mass is 32.2. The first kappa shape index (κ1) is 17.8. The molecule has 0 saturated carbocycles. The van der Waals surface area contributed by atoms with Crippen molar-refractivity contribution in [1.29, 1.82) is 0 Å². The van der Waals surface area contributed by atoms with E-state index >= 15 is 0 Å². The predicted molar refractivity (Wildman–Crippen MR) is 115 cm³/mol. The number of carbonyl (C=O) groups excluding carboxylic acids is 1. The first-order chi connectivity index (χ1) is 13.2. The van der Waals surface area contributed by atoms with Crippen LogP contribution in [0, 0.1) is 0 Å². The van der Waals surface area contributed by atoms with Gasteiger partial charge in [-0.3, -0.25) is 10.1 Å². The van der Waals surface area contributed by atoms with Gasteiger partial charge in [0.25, 0.3) is 5.91 Å². The molecule has 3 aromatic carbocycles. The molecule has 134 valence electrons. The molecular formula is C22H18N2OS2. The number of anilines is 1. The molecule has 5 heteroatoms. The first-order valence-electron chi connectivity index (χ1n) is 8.60. The van der Waals surface area contributed by atoms with Crippen molar-refractivity contribution in [3.8, 4) is 0 Å². The van der Waals surface area contributed by atoms with E-state index in [1.54, 1.807) is 11.8 Å². The third kappa shape index (κ3) is 4.21. The molecule has 0 aliphatic heterocycles. The zero-order valence-electron chi connectivity index (χ0n) is 14.8. The van der Waals surface area contributed by atoms with Crippen LogP contribution in [0.4, 0.5) is 5.13 Å². The third-order valence-corrected chi connectivity index (χ3v) is 5.94. The number of rotatable bonds is 5. The van der Waals surface area contributed by atoms with Gasteiger partial charge in [0.1, 0.15) is 0 Å². The Morgan fingerprint density at radius 2 is 1.74 bits per heavy atom. The Morgan fingerprint density at radius 3 is 2.48 bits per heavy atom. The summed E-state index contributed by atoms with van der Waals surface area (Å²) in [6.07, 6.45) is 2.91. The Hall–Kier alpha value is -2.63. The first-order valence-corrected chi connectivity index (χ1v) is 10.6. The summed E-state index contributed by atoms with van der Waals surface area (Å²) in [5, 5.41) is 3.54. The Bertz CT molecular complexity index is 1070. The van der Waals surface area contributed by atoms with Crippen LogP contribution in [0.2, 0.25) is 0 Å². The molecular weight excluding hydrogens is 372 g/mol. The molecule has 27 heavy (non-hydrogen) atoms. The van der Waals surface area contributed by atoms with E-state index in [-0.39, 0.29) is 5.91 Å². The molecule has 0 bridgehead atoms. The molecule has 4 rings (SSSR count). The average molecular weight is 391 g/mol. The van der Waals surface area contributed by atoms with Crippen molar-refractivity contribution in [1.82, 2.24) is 4.98 Å². The summed E-state index contributed by atoms with van der Waals surface area (Å²) in [6, 6.07) is 24.2. The number of thioether (sulfide) groups is 1. The fourth-order valence-electron chi connectivity index (χ4n) is 2.86. The summed E-state index contributed by atoms with van der Waals surface area (Å²) in [4.78, 5) is 18.2. The van der Waals surface area contributed by atoms with Gasteiger partial charge in [-0.2, -0.15) is 0 Å². The minimum Gasteiger partial charge on any atom is -0.298 e. The van der Waals surface area contributed by atoms with Crippen LogP contribution < -0.4 is 5.32 Å². The highest BCUT2D eigenvalue weighted by Gasteiger charge is 2.10. The summed E-state index contributed by atoms with van der Waals surface area (Å²) in [7, 11) is 0. The van der Waals surface area contributed by atoms with Crippen LogP contribution in [0.25, 0.3) is 10.2 Å². The molecule has 1 heterocycles. The Balaban J connectivity index is 1.46. The summed E-state index contributed by atoms with van der Waals surface area (Å²) >= 11 is 3.20. The van der Waals surface area contributed by atoms with E-state index in [0.717, 1.165) is 16.6 Å². The van der Waals surface area contributed by atoms with E-state index in [4.69, 9.17) is 0 Å². The van der Waals surface area contributed by atoms with Crippen LogP contribution in [-0.2, 0) is 6.42 Å². The lowest BCUT2D eigenvalue weighted by Crippen LogP contribution is -2.11. The van der Waals surface area contributed by atoms with Crippen LogP contribution in [0.15, 0.2) is 77.7 Å². The second-order valence-electron chi connectivity index (χ2n) is 6.17. The topological polar surface area (TPSA) is 42.0 Å². The van der Waals surface area contributed by atoms with Gasteiger partial charge in [-0.15, -0.1) is 11.8 Å². The summed E-state index contributed by atoms with van der Waals surface area (Å²) in [5.74, 6) is -0.134. The van der Waals surface area contributed by atoms with Gasteiger partial charge in [-0.1, -0.05) is 53.8 Å². The Morgan fingerprint density at radius 1 is 1.00 bits per heavy atom. The molecule has 4 aromatic rings. The second-order valence-corrected chi connectivity index (χ2v) is 8.08. The minimum absolute atomic E-state index is 0.134. The van der Waals surface area contributed by atoms with Crippen molar-refractivity contribution in [3.05, 3.63) is 89.5 Å². The summed E-state index contributed by atoms with van der Waals surface area (Å²) in [6.45, 7) is 0. The molecule has 1 N–H and O–H groups in total. The fraction of sp³-hybridized carbons (Fsp3) is 0.0909. The van der Waals surface area contributed by atoms with Gasteiger partial charge < -0.3 is 0 Å². The number of benzene rings is 3. The standard InChI is InChI=1S/C22H18N2OS2/c1-26-18-11-12-19-20(14-18)27-22(23-19)24-21(25)17-9-7-16(8-10-17)13-15-5-3-2-4-6-15/h2-12,14H,13H2,1H3,(H,23,24,25). The van der Waals surface area contributed by atoms with E-state index in [1.807, 2.05) is 60.9 Å². The number of hydrogen-bond donors (Lipinski definition) is 1. The predicted octanol–water partition coefficient (Wildman–Crippen LogP) is 5.86. The van der Waals surface area contributed by atoms with Gasteiger partial charge >= 0.3 is 0 Å². The number of thiazole rings is 1. The van der Waals surface area contributed by atoms with Crippen molar-refractivity contribution < 1.29 is 4.79 Å². The van der Waals surface area contributed by atoms with Gasteiger partial charge in [0.15, 0.2) is 5.13 Å². The van der Waals surface area contributed by atoms with Crippen LogP contribution in [-0.4, -0.2) is 17.1 Å². The molecule has 0 aliphatic carbocycles. The van der Waals surface area contributed by atoms with E-state index in [0.29, 0.717) is 10.7 Å². The SMILES string of the molecule is CSc1ccc2nc(NC(=O)c3ccc(Cc4ccccc4)cc3)sc2c1. The summed E-state index contributed by atoms with van der Waals surface area (Å²) in [5.41, 5.74) is 3.98. The zero-order chi connectivity index (χ0) is 18.6. The lowest BCUT2D eigenvalue weighted by Gasteiger charge is -2.05. The Kier molecular flexibility index (Phi) is 5.23. The largest absolute Gasteiger partial charge is 0.298 e. The number of carbonyl (C=O) groups is 1. The Labute approximate surface area is 166 Å². The van der Waals surface area contributed by atoms with E-state index < -0.39 is 0 Å². The molecule has 1 amide bonds.